The molecule has 3 rings (SSSR count). The highest BCUT2D eigenvalue weighted by molar-refractivity contribution is 6.04. The summed E-state index contributed by atoms with van der Waals surface area (Å²) in [6.07, 6.45) is 0. The minimum Gasteiger partial charge on any atom is -0.494 e. The second-order valence-electron chi connectivity index (χ2n) is 6.60. The molecule has 0 aliphatic carbocycles. The molecule has 2 N–H and O–H groups in total. The number of hydrogen-bond donors (Lipinski definition) is 1. The molecule has 0 spiro atoms. The first kappa shape index (κ1) is 21.0. The Morgan fingerprint density at radius 1 is 1.20 bits per heavy atom. The van der Waals surface area contributed by atoms with Crippen LogP contribution in [-0.4, -0.2) is 40.1 Å². The van der Waals surface area contributed by atoms with Crippen LogP contribution >= 0.6 is 0 Å². The van der Waals surface area contributed by atoms with Gasteiger partial charge in [0.25, 0.3) is 11.5 Å². The zero-order valence-electron chi connectivity index (χ0n) is 16.6. The van der Waals surface area contributed by atoms with Crippen molar-refractivity contribution in [1.29, 1.82) is 0 Å². The van der Waals surface area contributed by atoms with Crippen LogP contribution in [0.15, 0.2) is 47.3 Å². The molecule has 8 nitrogen and oxygen atoms in total. The molecular formula is C21H21FN4O4. The summed E-state index contributed by atoms with van der Waals surface area (Å²) in [6, 6.07) is 10.9. The number of nitrogens with zero attached hydrogens (tertiary/aromatic N) is 3. The van der Waals surface area contributed by atoms with Crippen LogP contribution in [0.5, 0.6) is 5.75 Å². The molecule has 1 heterocycles. The van der Waals surface area contributed by atoms with Crippen LogP contribution in [0.4, 0.5) is 4.39 Å². The van der Waals surface area contributed by atoms with Crippen molar-refractivity contribution in [3.05, 3.63) is 69.9 Å². The maximum absolute atomic E-state index is 13.9. The fraction of sp³-hybridized carbons (Fsp3) is 0.238. The number of halogens is 1. The molecule has 0 aliphatic rings. The average Bonchev–Trinajstić information content (AvgIpc) is 2.73. The Kier molecular flexibility index (Phi) is 6.10. The van der Waals surface area contributed by atoms with Crippen molar-refractivity contribution in [2.45, 2.75) is 20.0 Å². The van der Waals surface area contributed by atoms with Gasteiger partial charge in [0.15, 0.2) is 17.3 Å². The van der Waals surface area contributed by atoms with Crippen LogP contribution in [0, 0.1) is 5.82 Å². The van der Waals surface area contributed by atoms with E-state index in [4.69, 9.17) is 10.5 Å². The van der Waals surface area contributed by atoms with Crippen LogP contribution in [0.2, 0.25) is 0 Å². The molecule has 9 heteroatoms. The summed E-state index contributed by atoms with van der Waals surface area (Å²) in [7, 11) is 1.37. The molecule has 1 aromatic heterocycles. The van der Waals surface area contributed by atoms with E-state index in [0.717, 1.165) is 4.68 Å². The third kappa shape index (κ3) is 4.14. The Balaban J connectivity index is 1.89. The molecule has 0 radical (unpaired) electrons. The topological polar surface area (TPSA) is 108 Å². The average molecular weight is 412 g/mol. The lowest BCUT2D eigenvalue weighted by atomic mass is 10.1. The van der Waals surface area contributed by atoms with Crippen LogP contribution in [0.25, 0.3) is 10.8 Å². The molecular weight excluding hydrogens is 391 g/mol. The molecule has 0 aliphatic heterocycles. The zero-order valence-corrected chi connectivity index (χ0v) is 16.6. The number of amides is 2. The van der Waals surface area contributed by atoms with Gasteiger partial charge in [-0.2, -0.15) is 5.10 Å². The first-order valence-electron chi connectivity index (χ1n) is 9.25. The third-order valence-corrected chi connectivity index (χ3v) is 4.71. The molecule has 0 saturated heterocycles. The maximum atomic E-state index is 13.9. The van der Waals surface area contributed by atoms with Crippen molar-refractivity contribution in [2.75, 3.05) is 13.7 Å². The summed E-state index contributed by atoms with van der Waals surface area (Å²) in [6.45, 7) is 1.86. The van der Waals surface area contributed by atoms with Gasteiger partial charge in [-0.3, -0.25) is 14.4 Å². The summed E-state index contributed by atoms with van der Waals surface area (Å²) in [4.78, 5) is 38.8. The quantitative estimate of drug-likeness (QED) is 0.635. The summed E-state index contributed by atoms with van der Waals surface area (Å²) >= 11 is 0. The highest BCUT2D eigenvalue weighted by atomic mass is 19.1. The number of carbonyl (C=O) groups excluding carboxylic acids is 2. The highest BCUT2D eigenvalue weighted by Crippen LogP contribution is 2.19. The first-order valence-corrected chi connectivity index (χ1v) is 9.25. The van der Waals surface area contributed by atoms with Gasteiger partial charge in [0, 0.05) is 18.5 Å². The Morgan fingerprint density at radius 3 is 2.50 bits per heavy atom. The van der Waals surface area contributed by atoms with Gasteiger partial charge >= 0.3 is 0 Å². The minimum absolute atomic E-state index is 0.0849. The smallest absolute Gasteiger partial charge is 0.275 e. The number of rotatable bonds is 7. The molecule has 0 atom stereocenters. The van der Waals surface area contributed by atoms with E-state index in [1.807, 2.05) is 0 Å². The van der Waals surface area contributed by atoms with Gasteiger partial charge in [-0.25, -0.2) is 9.07 Å². The Bertz CT molecular complexity index is 1180. The van der Waals surface area contributed by atoms with Crippen LogP contribution in [0.3, 0.4) is 0 Å². The van der Waals surface area contributed by atoms with Crippen LogP contribution in [0.1, 0.15) is 23.0 Å². The van der Waals surface area contributed by atoms with Crippen molar-refractivity contribution in [3.63, 3.8) is 0 Å². The van der Waals surface area contributed by atoms with Crippen molar-refractivity contribution in [2.24, 2.45) is 5.73 Å². The maximum Gasteiger partial charge on any atom is 0.275 e. The molecule has 3 aromatic rings. The fourth-order valence-corrected chi connectivity index (χ4v) is 3.16. The van der Waals surface area contributed by atoms with E-state index < -0.39 is 23.2 Å². The lowest BCUT2D eigenvalue weighted by Crippen LogP contribution is -2.38. The molecule has 0 bridgehead atoms. The number of likely N-dealkylation sites (N-methyl/N-ethyl adjacent to an activating group) is 1. The number of methoxy groups -OCH3 is 1. The van der Waals surface area contributed by atoms with Gasteiger partial charge in [-0.15, -0.1) is 0 Å². The van der Waals surface area contributed by atoms with Crippen LogP contribution < -0.4 is 16.0 Å². The van der Waals surface area contributed by atoms with E-state index in [2.05, 4.69) is 5.10 Å². The standard InChI is InChI=1S/C21H21FN4O4/c1-3-25(11-13-8-9-17(30-2)16(22)10-13)18(27)12-26-21(29)15-7-5-4-6-14(15)19(24-26)20(23)28/h4-10H,3,11-12H2,1-2H3,(H2,23,28). The molecule has 0 saturated carbocycles. The Labute approximate surface area is 171 Å². The second kappa shape index (κ2) is 8.73. The number of ether oxygens (including phenoxy) is 1. The summed E-state index contributed by atoms with van der Waals surface area (Å²) < 4.78 is 19.8. The van der Waals surface area contributed by atoms with Gasteiger partial charge in [0.2, 0.25) is 5.91 Å². The predicted molar refractivity (Wildman–Crippen MR) is 109 cm³/mol. The third-order valence-electron chi connectivity index (χ3n) is 4.71. The summed E-state index contributed by atoms with van der Waals surface area (Å²) in [5.74, 6) is -1.63. The van der Waals surface area contributed by atoms with Gasteiger partial charge in [0.1, 0.15) is 6.54 Å². The fourth-order valence-electron chi connectivity index (χ4n) is 3.16. The van der Waals surface area contributed by atoms with E-state index in [0.29, 0.717) is 17.5 Å². The Morgan fingerprint density at radius 2 is 1.90 bits per heavy atom. The predicted octanol–water partition coefficient (Wildman–Crippen LogP) is 1.69. The zero-order chi connectivity index (χ0) is 21.8. The van der Waals surface area contributed by atoms with E-state index in [9.17, 15) is 18.8 Å². The minimum atomic E-state index is -0.798. The number of carbonyl (C=O) groups is 2. The number of nitrogens with two attached hydrogens (primary N) is 1. The number of fused-ring (bicyclic) bond motifs is 1. The largest absolute Gasteiger partial charge is 0.494 e. The second-order valence-corrected chi connectivity index (χ2v) is 6.60. The number of aromatic nitrogens is 2. The van der Waals surface area contributed by atoms with Gasteiger partial charge < -0.3 is 15.4 Å². The Hall–Kier alpha value is -3.75. The summed E-state index contributed by atoms with van der Waals surface area (Å²) in [5, 5.41) is 4.58. The van der Waals surface area contributed by atoms with E-state index in [1.54, 1.807) is 37.3 Å². The molecule has 2 amide bonds. The monoisotopic (exact) mass is 412 g/mol. The van der Waals surface area contributed by atoms with Gasteiger partial charge in [0.05, 0.1) is 12.5 Å². The molecule has 30 heavy (non-hydrogen) atoms. The van der Waals surface area contributed by atoms with Crippen molar-refractivity contribution >= 4 is 22.6 Å². The van der Waals surface area contributed by atoms with E-state index in [1.165, 1.54) is 24.1 Å². The number of hydrogen-bond acceptors (Lipinski definition) is 5. The molecule has 0 fully saturated rings. The molecule has 2 aromatic carbocycles. The van der Waals surface area contributed by atoms with Crippen LogP contribution in [-0.2, 0) is 17.9 Å². The summed E-state index contributed by atoms with van der Waals surface area (Å²) in [5.41, 5.74) is 5.38. The lowest BCUT2D eigenvalue weighted by molar-refractivity contribution is -0.132. The SMILES string of the molecule is CCN(Cc1ccc(OC)c(F)c1)C(=O)Cn1nc(C(N)=O)c2ccccc2c1=O. The number of primary amides is 1. The number of benzene rings is 2. The van der Waals surface area contributed by atoms with E-state index in [-0.39, 0.29) is 29.9 Å². The van der Waals surface area contributed by atoms with Crippen molar-refractivity contribution in [1.82, 2.24) is 14.7 Å². The lowest BCUT2D eigenvalue weighted by Gasteiger charge is -2.21. The van der Waals surface area contributed by atoms with Crippen molar-refractivity contribution in [3.8, 4) is 5.75 Å². The molecule has 0 unspecified atom stereocenters. The normalized spacial score (nSPS) is 10.8. The highest BCUT2D eigenvalue weighted by Gasteiger charge is 2.19. The first-order chi connectivity index (χ1) is 14.3. The van der Waals surface area contributed by atoms with E-state index >= 15 is 0 Å². The van der Waals surface area contributed by atoms with Gasteiger partial charge in [-0.1, -0.05) is 24.3 Å². The van der Waals surface area contributed by atoms with Crippen molar-refractivity contribution < 1.29 is 18.7 Å². The van der Waals surface area contributed by atoms with Gasteiger partial charge in [-0.05, 0) is 30.7 Å². The molecule has 156 valence electrons.